The number of rotatable bonds is 1. The molecular formula is C8H7F2I. The molecule has 0 unspecified atom stereocenters. The highest BCUT2D eigenvalue weighted by atomic mass is 127. The molecule has 3 heteroatoms. The number of hydrogen-bond donors (Lipinski definition) is 0. The van der Waals surface area contributed by atoms with E-state index in [0.717, 1.165) is 15.6 Å². The molecule has 0 saturated heterocycles. The average Bonchev–Trinajstić information content (AvgIpc) is 1.97. The fourth-order valence-electron chi connectivity index (χ4n) is 0.835. The third kappa shape index (κ3) is 1.89. The van der Waals surface area contributed by atoms with Gasteiger partial charge in [0, 0.05) is 3.57 Å². The van der Waals surface area contributed by atoms with Crippen LogP contribution in [0.25, 0.3) is 0 Å². The van der Waals surface area contributed by atoms with E-state index in [-0.39, 0.29) is 0 Å². The lowest BCUT2D eigenvalue weighted by molar-refractivity contribution is 0.506. The Kier molecular flexibility index (Phi) is 2.81. The van der Waals surface area contributed by atoms with Gasteiger partial charge in [-0.2, -0.15) is 0 Å². The van der Waals surface area contributed by atoms with Crippen LogP contribution in [0.5, 0.6) is 0 Å². The third-order valence-corrected chi connectivity index (χ3v) is 2.47. The van der Waals surface area contributed by atoms with Gasteiger partial charge in [-0.15, -0.1) is 0 Å². The molecule has 0 aliphatic heterocycles. The zero-order chi connectivity index (χ0) is 8.43. The van der Waals surface area contributed by atoms with Crippen molar-refractivity contribution < 1.29 is 8.78 Å². The summed E-state index contributed by atoms with van der Waals surface area (Å²) in [5, 5.41) is 0. The van der Waals surface area contributed by atoms with Gasteiger partial charge in [-0.1, -0.05) is 6.92 Å². The highest BCUT2D eigenvalue weighted by Crippen LogP contribution is 2.17. The largest absolute Gasteiger partial charge is 0.204 e. The topological polar surface area (TPSA) is 0 Å². The first-order chi connectivity index (χ1) is 5.15. The van der Waals surface area contributed by atoms with Crippen molar-refractivity contribution in [2.24, 2.45) is 0 Å². The maximum atomic E-state index is 12.6. The van der Waals surface area contributed by atoms with Gasteiger partial charge in [-0.3, -0.25) is 0 Å². The Morgan fingerprint density at radius 1 is 1.27 bits per heavy atom. The monoisotopic (exact) mass is 268 g/mol. The summed E-state index contributed by atoms with van der Waals surface area (Å²) in [5.41, 5.74) is 0.851. The number of hydrogen-bond acceptors (Lipinski definition) is 0. The zero-order valence-corrected chi connectivity index (χ0v) is 8.15. The van der Waals surface area contributed by atoms with Crippen LogP contribution < -0.4 is 0 Å². The van der Waals surface area contributed by atoms with E-state index in [2.05, 4.69) is 0 Å². The fourth-order valence-corrected chi connectivity index (χ4v) is 1.65. The maximum absolute atomic E-state index is 12.6. The minimum Gasteiger partial charge on any atom is -0.204 e. The molecule has 0 spiro atoms. The molecule has 0 fully saturated rings. The summed E-state index contributed by atoms with van der Waals surface area (Å²) in [6.07, 6.45) is 0.732. The molecule has 0 saturated carbocycles. The van der Waals surface area contributed by atoms with E-state index in [4.69, 9.17) is 0 Å². The number of aryl methyl sites for hydroxylation is 1. The Morgan fingerprint density at radius 2 is 1.82 bits per heavy atom. The molecular weight excluding hydrogens is 261 g/mol. The van der Waals surface area contributed by atoms with E-state index < -0.39 is 11.6 Å². The summed E-state index contributed by atoms with van der Waals surface area (Å²) in [6, 6.07) is 2.46. The summed E-state index contributed by atoms with van der Waals surface area (Å²) < 4.78 is 25.9. The minimum atomic E-state index is -0.772. The Balaban J connectivity index is 3.21. The molecule has 0 aliphatic carbocycles. The predicted molar refractivity (Wildman–Crippen MR) is 48.5 cm³/mol. The van der Waals surface area contributed by atoms with Crippen LogP contribution in [-0.2, 0) is 6.42 Å². The molecule has 0 heterocycles. The van der Waals surface area contributed by atoms with Crippen molar-refractivity contribution >= 4 is 22.6 Å². The SMILES string of the molecule is CCc1cc(F)c(F)cc1I. The Morgan fingerprint density at radius 3 is 2.36 bits per heavy atom. The molecule has 0 nitrogen and oxygen atoms in total. The van der Waals surface area contributed by atoms with Crippen molar-refractivity contribution in [1.29, 1.82) is 0 Å². The van der Waals surface area contributed by atoms with E-state index in [1.165, 1.54) is 12.1 Å². The first-order valence-corrected chi connectivity index (χ1v) is 4.36. The van der Waals surface area contributed by atoms with Crippen LogP contribution in [-0.4, -0.2) is 0 Å². The summed E-state index contributed by atoms with van der Waals surface area (Å²) >= 11 is 2.00. The lowest BCUT2D eigenvalue weighted by Crippen LogP contribution is -1.91. The van der Waals surface area contributed by atoms with Crippen molar-refractivity contribution in [2.75, 3.05) is 0 Å². The molecule has 0 atom stereocenters. The lowest BCUT2D eigenvalue weighted by Gasteiger charge is -2.00. The minimum absolute atomic E-state index is 0.732. The maximum Gasteiger partial charge on any atom is 0.159 e. The predicted octanol–water partition coefficient (Wildman–Crippen LogP) is 3.13. The second kappa shape index (κ2) is 3.47. The summed E-state index contributed by atoms with van der Waals surface area (Å²) in [4.78, 5) is 0. The van der Waals surface area contributed by atoms with Gasteiger partial charge in [-0.25, -0.2) is 8.78 Å². The van der Waals surface area contributed by atoms with Gasteiger partial charge in [0.2, 0.25) is 0 Å². The fraction of sp³-hybridized carbons (Fsp3) is 0.250. The van der Waals surface area contributed by atoms with Crippen molar-refractivity contribution in [3.8, 4) is 0 Å². The van der Waals surface area contributed by atoms with Gasteiger partial charge in [0.1, 0.15) is 0 Å². The van der Waals surface area contributed by atoms with Gasteiger partial charge < -0.3 is 0 Å². The first-order valence-electron chi connectivity index (χ1n) is 3.28. The third-order valence-electron chi connectivity index (χ3n) is 1.47. The van der Waals surface area contributed by atoms with Crippen molar-refractivity contribution in [3.05, 3.63) is 32.9 Å². The van der Waals surface area contributed by atoms with E-state index in [1.54, 1.807) is 0 Å². The van der Waals surface area contributed by atoms with Crippen molar-refractivity contribution in [3.63, 3.8) is 0 Å². The molecule has 1 aromatic carbocycles. The molecule has 11 heavy (non-hydrogen) atoms. The van der Waals surface area contributed by atoms with Gasteiger partial charge >= 0.3 is 0 Å². The standard InChI is InChI=1S/C8H7F2I/c1-2-5-3-6(9)7(10)4-8(5)11/h3-4H,2H2,1H3. The Bertz CT molecular complexity index is 271. The molecule has 1 aromatic rings. The molecule has 0 N–H and O–H groups in total. The van der Waals surface area contributed by atoms with Crippen LogP contribution in [0.15, 0.2) is 12.1 Å². The average molecular weight is 268 g/mol. The van der Waals surface area contributed by atoms with Crippen LogP contribution >= 0.6 is 22.6 Å². The second-order valence-electron chi connectivity index (χ2n) is 2.21. The van der Waals surface area contributed by atoms with Crippen LogP contribution in [0.4, 0.5) is 8.78 Å². The Labute approximate surface area is 77.8 Å². The molecule has 0 radical (unpaired) electrons. The highest BCUT2D eigenvalue weighted by molar-refractivity contribution is 14.1. The van der Waals surface area contributed by atoms with Crippen LogP contribution in [0, 0.1) is 15.2 Å². The summed E-state index contributed by atoms with van der Waals surface area (Å²) in [5.74, 6) is -1.53. The molecule has 0 aromatic heterocycles. The quantitative estimate of drug-likeness (QED) is 0.542. The van der Waals surface area contributed by atoms with E-state index in [0.29, 0.717) is 0 Å². The van der Waals surface area contributed by atoms with Gasteiger partial charge in [0.15, 0.2) is 11.6 Å². The Hall–Kier alpha value is -0.190. The molecule has 0 bridgehead atoms. The molecule has 0 amide bonds. The molecule has 0 aliphatic rings. The van der Waals surface area contributed by atoms with Crippen LogP contribution in [0.1, 0.15) is 12.5 Å². The van der Waals surface area contributed by atoms with Gasteiger partial charge in [-0.05, 0) is 46.7 Å². The smallest absolute Gasteiger partial charge is 0.159 e. The van der Waals surface area contributed by atoms with Crippen LogP contribution in [0.3, 0.4) is 0 Å². The summed E-state index contributed by atoms with van der Waals surface area (Å²) in [7, 11) is 0. The van der Waals surface area contributed by atoms with Crippen LogP contribution in [0.2, 0.25) is 0 Å². The van der Waals surface area contributed by atoms with E-state index >= 15 is 0 Å². The van der Waals surface area contributed by atoms with Gasteiger partial charge in [0.05, 0.1) is 0 Å². The summed E-state index contributed by atoms with van der Waals surface area (Å²) in [6.45, 7) is 1.91. The first kappa shape index (κ1) is 8.90. The second-order valence-corrected chi connectivity index (χ2v) is 3.37. The van der Waals surface area contributed by atoms with Crippen molar-refractivity contribution in [2.45, 2.75) is 13.3 Å². The number of benzene rings is 1. The zero-order valence-electron chi connectivity index (χ0n) is 6.00. The van der Waals surface area contributed by atoms with E-state index in [9.17, 15) is 8.78 Å². The lowest BCUT2D eigenvalue weighted by atomic mass is 10.2. The van der Waals surface area contributed by atoms with Gasteiger partial charge in [0.25, 0.3) is 0 Å². The normalized spacial score (nSPS) is 10.2. The van der Waals surface area contributed by atoms with Crippen molar-refractivity contribution in [1.82, 2.24) is 0 Å². The highest BCUT2D eigenvalue weighted by Gasteiger charge is 2.05. The molecule has 60 valence electrons. The van der Waals surface area contributed by atoms with E-state index in [1.807, 2.05) is 29.5 Å². The molecule has 1 rings (SSSR count). The number of halogens is 3.